The van der Waals surface area contributed by atoms with Crippen LogP contribution in [-0.4, -0.2) is 19.7 Å². The molecule has 0 saturated heterocycles. The Hall–Kier alpha value is -1.22. The number of benzene rings is 1. The van der Waals surface area contributed by atoms with E-state index in [4.69, 9.17) is 10.5 Å². The van der Waals surface area contributed by atoms with Crippen molar-refractivity contribution < 1.29 is 4.74 Å². The van der Waals surface area contributed by atoms with Crippen LogP contribution in [0, 0.1) is 0 Å². The molecule has 0 aromatic heterocycles. The molecule has 0 saturated carbocycles. The van der Waals surface area contributed by atoms with Gasteiger partial charge in [-0.1, -0.05) is 13.0 Å². The van der Waals surface area contributed by atoms with Crippen LogP contribution < -0.4 is 15.4 Å². The van der Waals surface area contributed by atoms with E-state index >= 15 is 0 Å². The Labute approximate surface area is 111 Å². The van der Waals surface area contributed by atoms with Gasteiger partial charge in [0.1, 0.15) is 5.75 Å². The minimum atomic E-state index is -0.0498. The molecule has 0 heterocycles. The van der Waals surface area contributed by atoms with E-state index in [2.05, 4.69) is 38.8 Å². The van der Waals surface area contributed by atoms with Crippen LogP contribution in [0.15, 0.2) is 18.2 Å². The lowest BCUT2D eigenvalue weighted by Gasteiger charge is -2.38. The second-order valence-corrected chi connectivity index (χ2v) is 5.41. The first-order valence-electron chi connectivity index (χ1n) is 6.51. The van der Waals surface area contributed by atoms with Crippen LogP contribution in [0.25, 0.3) is 0 Å². The van der Waals surface area contributed by atoms with E-state index in [0.717, 1.165) is 23.4 Å². The summed E-state index contributed by atoms with van der Waals surface area (Å²) in [6.45, 7) is 8.66. The second kappa shape index (κ2) is 5.61. The Morgan fingerprint density at radius 1 is 1.39 bits per heavy atom. The lowest BCUT2D eigenvalue weighted by molar-refractivity contribution is 0.405. The van der Waals surface area contributed by atoms with E-state index in [1.54, 1.807) is 7.11 Å². The van der Waals surface area contributed by atoms with Gasteiger partial charge in [0, 0.05) is 29.9 Å². The third-order valence-corrected chi connectivity index (χ3v) is 3.85. The molecule has 0 aliphatic heterocycles. The average molecular weight is 250 g/mol. The van der Waals surface area contributed by atoms with Crippen molar-refractivity contribution >= 4 is 5.69 Å². The maximum Gasteiger partial charge on any atom is 0.125 e. The van der Waals surface area contributed by atoms with Crippen molar-refractivity contribution in [2.75, 3.05) is 19.1 Å². The molecule has 1 rings (SSSR count). The van der Waals surface area contributed by atoms with E-state index in [0.29, 0.717) is 0 Å². The van der Waals surface area contributed by atoms with Crippen LogP contribution in [-0.2, 0) is 0 Å². The molecule has 0 fully saturated rings. The summed E-state index contributed by atoms with van der Waals surface area (Å²) < 4.78 is 5.44. The van der Waals surface area contributed by atoms with Gasteiger partial charge < -0.3 is 15.4 Å². The molecule has 0 aliphatic carbocycles. The average Bonchev–Trinajstić information content (AvgIpc) is 2.36. The lowest BCUT2D eigenvalue weighted by Crippen LogP contribution is -2.41. The van der Waals surface area contributed by atoms with E-state index in [-0.39, 0.29) is 11.6 Å². The number of anilines is 1. The smallest absolute Gasteiger partial charge is 0.125 e. The monoisotopic (exact) mass is 250 g/mol. The fourth-order valence-corrected chi connectivity index (χ4v) is 2.02. The maximum atomic E-state index is 6.11. The van der Waals surface area contributed by atoms with Crippen LogP contribution in [0.3, 0.4) is 0 Å². The number of methoxy groups -OCH3 is 1. The van der Waals surface area contributed by atoms with E-state index in [1.807, 2.05) is 19.1 Å². The van der Waals surface area contributed by atoms with Gasteiger partial charge in [0.05, 0.1) is 7.11 Å². The minimum absolute atomic E-state index is 0.0498. The summed E-state index contributed by atoms with van der Waals surface area (Å²) in [6.07, 6.45) is 1.07. The zero-order chi connectivity index (χ0) is 13.9. The number of ether oxygens (including phenoxy) is 1. The fraction of sp³-hybridized carbons (Fsp3) is 0.600. The molecule has 0 spiro atoms. The molecule has 1 aromatic carbocycles. The van der Waals surface area contributed by atoms with Gasteiger partial charge in [0.15, 0.2) is 0 Å². The number of nitrogens with two attached hydrogens (primary N) is 1. The SMILES string of the molecule is CCC(C)(C)N(C)c1cccc(OC)c1C(C)N. The third-order valence-electron chi connectivity index (χ3n) is 3.85. The summed E-state index contributed by atoms with van der Waals surface area (Å²) in [6, 6.07) is 6.04. The van der Waals surface area contributed by atoms with Gasteiger partial charge in [-0.2, -0.15) is 0 Å². The molecular formula is C15H26N2O. The highest BCUT2D eigenvalue weighted by molar-refractivity contribution is 5.61. The number of hydrogen-bond acceptors (Lipinski definition) is 3. The predicted octanol–water partition coefficient (Wildman–Crippen LogP) is 3.34. The Bertz CT molecular complexity index is 399. The molecule has 2 N–H and O–H groups in total. The van der Waals surface area contributed by atoms with Crippen molar-refractivity contribution in [2.45, 2.75) is 45.7 Å². The van der Waals surface area contributed by atoms with Crippen molar-refractivity contribution in [2.24, 2.45) is 5.73 Å². The lowest BCUT2D eigenvalue weighted by atomic mass is 9.96. The number of rotatable bonds is 5. The summed E-state index contributed by atoms with van der Waals surface area (Å²) in [5.74, 6) is 0.862. The molecule has 3 heteroatoms. The zero-order valence-electron chi connectivity index (χ0n) is 12.4. The van der Waals surface area contributed by atoms with Crippen LogP contribution in [0.1, 0.15) is 45.7 Å². The van der Waals surface area contributed by atoms with Crippen LogP contribution in [0.4, 0.5) is 5.69 Å². The standard InChI is InChI=1S/C15H26N2O/c1-7-15(3,4)17(5)12-9-8-10-13(18-6)14(12)11(2)16/h8-11H,7,16H2,1-6H3. The van der Waals surface area contributed by atoms with Crippen molar-refractivity contribution in [3.63, 3.8) is 0 Å². The van der Waals surface area contributed by atoms with E-state index < -0.39 is 0 Å². The molecule has 0 radical (unpaired) electrons. The molecule has 3 nitrogen and oxygen atoms in total. The van der Waals surface area contributed by atoms with Crippen LogP contribution in [0.2, 0.25) is 0 Å². The molecule has 1 aromatic rings. The number of hydrogen-bond donors (Lipinski definition) is 1. The summed E-state index contributed by atoms with van der Waals surface area (Å²) in [5, 5.41) is 0. The first-order valence-corrected chi connectivity index (χ1v) is 6.51. The number of nitrogens with zero attached hydrogens (tertiary/aromatic N) is 1. The summed E-state index contributed by atoms with van der Waals surface area (Å²) >= 11 is 0. The highest BCUT2D eigenvalue weighted by Gasteiger charge is 2.25. The van der Waals surface area contributed by atoms with Gasteiger partial charge in [-0.3, -0.25) is 0 Å². The summed E-state index contributed by atoms with van der Waals surface area (Å²) in [5.41, 5.74) is 8.42. The quantitative estimate of drug-likeness (QED) is 0.871. The van der Waals surface area contributed by atoms with Gasteiger partial charge in [0.2, 0.25) is 0 Å². The van der Waals surface area contributed by atoms with Crippen molar-refractivity contribution in [3.8, 4) is 5.75 Å². The Morgan fingerprint density at radius 3 is 2.44 bits per heavy atom. The van der Waals surface area contributed by atoms with Gasteiger partial charge in [0.25, 0.3) is 0 Å². The molecule has 1 unspecified atom stereocenters. The van der Waals surface area contributed by atoms with Gasteiger partial charge in [-0.15, -0.1) is 0 Å². The second-order valence-electron chi connectivity index (χ2n) is 5.41. The first-order chi connectivity index (χ1) is 8.35. The molecule has 0 aliphatic rings. The van der Waals surface area contributed by atoms with Gasteiger partial charge in [-0.25, -0.2) is 0 Å². The van der Waals surface area contributed by atoms with Crippen molar-refractivity contribution in [1.29, 1.82) is 0 Å². The molecule has 102 valence electrons. The van der Waals surface area contributed by atoms with Gasteiger partial charge >= 0.3 is 0 Å². The Kier molecular flexibility index (Phi) is 4.63. The largest absolute Gasteiger partial charge is 0.496 e. The predicted molar refractivity (Wildman–Crippen MR) is 78.4 cm³/mol. The van der Waals surface area contributed by atoms with Gasteiger partial charge in [-0.05, 0) is 39.3 Å². The van der Waals surface area contributed by atoms with E-state index in [9.17, 15) is 0 Å². The van der Waals surface area contributed by atoms with Crippen LogP contribution >= 0.6 is 0 Å². The topological polar surface area (TPSA) is 38.5 Å². The Balaban J connectivity index is 3.32. The molecular weight excluding hydrogens is 224 g/mol. The highest BCUT2D eigenvalue weighted by Crippen LogP contribution is 2.36. The molecule has 18 heavy (non-hydrogen) atoms. The molecule has 1 atom stereocenters. The third kappa shape index (κ3) is 2.78. The molecule has 0 bridgehead atoms. The maximum absolute atomic E-state index is 6.11. The van der Waals surface area contributed by atoms with E-state index in [1.165, 1.54) is 0 Å². The normalized spacial score (nSPS) is 13.3. The minimum Gasteiger partial charge on any atom is -0.496 e. The van der Waals surface area contributed by atoms with Crippen LogP contribution in [0.5, 0.6) is 5.75 Å². The first kappa shape index (κ1) is 14.8. The van der Waals surface area contributed by atoms with Crippen molar-refractivity contribution in [3.05, 3.63) is 23.8 Å². The summed E-state index contributed by atoms with van der Waals surface area (Å²) in [4.78, 5) is 2.29. The van der Waals surface area contributed by atoms with Crippen molar-refractivity contribution in [1.82, 2.24) is 0 Å². The summed E-state index contributed by atoms with van der Waals surface area (Å²) in [7, 11) is 3.81. The Morgan fingerprint density at radius 2 is 2.00 bits per heavy atom. The zero-order valence-corrected chi connectivity index (χ0v) is 12.4. The molecule has 0 amide bonds. The highest BCUT2D eigenvalue weighted by atomic mass is 16.5. The fourth-order valence-electron chi connectivity index (χ4n) is 2.02.